The molecule has 2 amide bonds. The lowest BCUT2D eigenvalue weighted by atomic mass is 9.67. The lowest BCUT2D eigenvalue weighted by Crippen LogP contribution is -2.58. The van der Waals surface area contributed by atoms with Gasteiger partial charge in [-0.3, -0.25) is 4.79 Å². The van der Waals surface area contributed by atoms with Crippen LogP contribution in [-0.2, 0) is 9.53 Å². The molecule has 0 aromatic rings. The van der Waals surface area contributed by atoms with Crippen molar-refractivity contribution in [3.63, 3.8) is 0 Å². The molecule has 2 saturated carbocycles. The molecule has 3 rings (SSSR count). The van der Waals surface area contributed by atoms with Crippen LogP contribution in [-0.4, -0.2) is 29.5 Å². The first-order valence-corrected chi connectivity index (χ1v) is 6.93. The predicted molar refractivity (Wildman–Crippen MR) is 65.8 cm³/mol. The van der Waals surface area contributed by atoms with Gasteiger partial charge < -0.3 is 4.74 Å². The van der Waals surface area contributed by atoms with Crippen LogP contribution >= 0.6 is 0 Å². The third kappa shape index (κ3) is 1.21. The average molecular weight is 251 g/mol. The maximum absolute atomic E-state index is 11.9. The number of rotatable bonds is 1. The maximum Gasteiger partial charge on any atom is 0.416 e. The van der Waals surface area contributed by atoms with E-state index in [4.69, 9.17) is 4.74 Å². The highest BCUT2D eigenvalue weighted by molar-refractivity contribution is 5.92. The molecule has 1 spiro atoms. The van der Waals surface area contributed by atoms with E-state index in [1.54, 1.807) is 6.92 Å². The number of hydrogen-bond acceptors (Lipinski definition) is 3. The molecule has 1 saturated heterocycles. The van der Waals surface area contributed by atoms with Crippen molar-refractivity contribution >= 4 is 12.0 Å². The Bertz CT molecular complexity index is 417. The summed E-state index contributed by atoms with van der Waals surface area (Å²) in [7, 11) is 0. The van der Waals surface area contributed by atoms with Gasteiger partial charge in [-0.05, 0) is 30.6 Å². The highest BCUT2D eigenvalue weighted by Crippen LogP contribution is 2.67. The Morgan fingerprint density at radius 1 is 1.50 bits per heavy atom. The van der Waals surface area contributed by atoms with Crippen molar-refractivity contribution in [2.24, 2.45) is 16.7 Å². The number of carbonyl (C=O) groups excluding carboxylic acids is 2. The van der Waals surface area contributed by atoms with Crippen LogP contribution in [0.5, 0.6) is 0 Å². The van der Waals surface area contributed by atoms with Crippen LogP contribution in [0.25, 0.3) is 0 Å². The zero-order valence-electron chi connectivity index (χ0n) is 11.4. The molecule has 1 heterocycles. The summed E-state index contributed by atoms with van der Waals surface area (Å²) in [4.78, 5) is 25.1. The first-order chi connectivity index (χ1) is 8.42. The van der Waals surface area contributed by atoms with Crippen LogP contribution in [0.1, 0.15) is 46.5 Å². The Hall–Kier alpha value is -1.06. The number of imide groups is 1. The van der Waals surface area contributed by atoms with Gasteiger partial charge in [-0.25, -0.2) is 9.69 Å². The van der Waals surface area contributed by atoms with E-state index in [0.29, 0.717) is 18.9 Å². The zero-order chi connectivity index (χ0) is 13.1. The van der Waals surface area contributed by atoms with Gasteiger partial charge in [0.15, 0.2) is 0 Å². The van der Waals surface area contributed by atoms with Gasteiger partial charge in [-0.2, -0.15) is 0 Å². The topological polar surface area (TPSA) is 46.6 Å². The van der Waals surface area contributed by atoms with E-state index in [9.17, 15) is 9.59 Å². The number of carbonyl (C=O) groups is 2. The second kappa shape index (κ2) is 3.49. The number of hydrogen-bond donors (Lipinski definition) is 0. The summed E-state index contributed by atoms with van der Waals surface area (Å²) in [6.45, 7) is 6.90. The van der Waals surface area contributed by atoms with Crippen molar-refractivity contribution < 1.29 is 14.3 Å². The van der Waals surface area contributed by atoms with Gasteiger partial charge in [0.25, 0.3) is 0 Å². The van der Waals surface area contributed by atoms with E-state index >= 15 is 0 Å². The van der Waals surface area contributed by atoms with E-state index in [1.165, 1.54) is 11.3 Å². The Kier molecular flexibility index (Phi) is 2.32. The van der Waals surface area contributed by atoms with Crippen LogP contribution in [0.4, 0.5) is 4.79 Å². The molecule has 3 fully saturated rings. The minimum absolute atomic E-state index is 0.00356. The van der Waals surface area contributed by atoms with E-state index < -0.39 is 6.09 Å². The SMILES string of the molecule is CCC(=O)N1C[C@@]23CC[C@@H](C[C@H]2OC1=O)C3(C)C. The molecule has 4 nitrogen and oxygen atoms in total. The van der Waals surface area contributed by atoms with Crippen molar-refractivity contribution in [2.45, 2.75) is 52.6 Å². The fourth-order valence-corrected chi connectivity index (χ4v) is 4.45. The van der Waals surface area contributed by atoms with Crippen molar-refractivity contribution in [1.29, 1.82) is 0 Å². The molecule has 4 heteroatoms. The third-order valence-corrected chi connectivity index (χ3v) is 5.86. The predicted octanol–water partition coefficient (Wildman–Crippen LogP) is 2.57. The average Bonchev–Trinajstić information content (AvgIpc) is 2.70. The van der Waals surface area contributed by atoms with Crippen molar-refractivity contribution in [3.05, 3.63) is 0 Å². The molecule has 0 aromatic carbocycles. The molecule has 2 aliphatic carbocycles. The van der Waals surface area contributed by atoms with Gasteiger partial charge in [-0.15, -0.1) is 0 Å². The first kappa shape index (κ1) is 12.0. The number of nitrogens with zero attached hydrogens (tertiary/aromatic N) is 1. The normalized spacial score (nSPS) is 40.6. The summed E-state index contributed by atoms with van der Waals surface area (Å²) in [5.74, 6) is 0.519. The summed E-state index contributed by atoms with van der Waals surface area (Å²) < 4.78 is 5.57. The van der Waals surface area contributed by atoms with Crippen molar-refractivity contribution in [1.82, 2.24) is 4.90 Å². The fourth-order valence-electron chi connectivity index (χ4n) is 4.45. The quantitative estimate of drug-likeness (QED) is 0.719. The van der Waals surface area contributed by atoms with Gasteiger partial charge in [0.05, 0.1) is 0 Å². The standard InChI is InChI=1S/C14H21NO3/c1-4-11(16)15-8-14-6-5-9(13(14,2)3)7-10(14)18-12(15)17/h9-10H,4-8H2,1-3H3/t9-,10+,14-/m0/s1. The molecule has 0 aromatic heterocycles. The Labute approximate surface area is 108 Å². The monoisotopic (exact) mass is 251 g/mol. The molecule has 0 unspecified atom stereocenters. The van der Waals surface area contributed by atoms with Gasteiger partial charge >= 0.3 is 6.09 Å². The van der Waals surface area contributed by atoms with E-state index in [-0.39, 0.29) is 22.8 Å². The summed E-state index contributed by atoms with van der Waals surface area (Å²) in [6.07, 6.45) is 3.22. The van der Waals surface area contributed by atoms with Crippen LogP contribution in [0, 0.1) is 16.7 Å². The Morgan fingerprint density at radius 3 is 2.83 bits per heavy atom. The first-order valence-electron chi connectivity index (χ1n) is 6.93. The van der Waals surface area contributed by atoms with Crippen molar-refractivity contribution in [3.8, 4) is 0 Å². The minimum Gasteiger partial charge on any atom is -0.445 e. The summed E-state index contributed by atoms with van der Waals surface area (Å²) >= 11 is 0. The molecular formula is C14H21NO3. The summed E-state index contributed by atoms with van der Waals surface area (Å²) in [5, 5.41) is 0. The molecule has 0 N–H and O–H groups in total. The number of ether oxygens (including phenoxy) is 1. The lowest BCUT2D eigenvalue weighted by molar-refractivity contribution is -0.141. The number of fused-ring (bicyclic) bond motifs is 1. The Morgan fingerprint density at radius 2 is 2.22 bits per heavy atom. The molecule has 100 valence electrons. The van der Waals surface area contributed by atoms with Gasteiger partial charge in [0, 0.05) is 18.4 Å². The molecule has 0 radical (unpaired) electrons. The zero-order valence-corrected chi connectivity index (χ0v) is 11.4. The molecule has 2 bridgehead atoms. The van der Waals surface area contributed by atoms with Gasteiger partial charge in [-0.1, -0.05) is 20.8 Å². The molecule has 3 atom stereocenters. The highest BCUT2D eigenvalue weighted by Gasteiger charge is 2.68. The van der Waals surface area contributed by atoms with E-state index in [0.717, 1.165) is 12.8 Å². The molecule has 18 heavy (non-hydrogen) atoms. The summed E-state index contributed by atoms with van der Waals surface area (Å²) in [5.41, 5.74) is 0.168. The maximum atomic E-state index is 11.9. The van der Waals surface area contributed by atoms with E-state index in [2.05, 4.69) is 13.8 Å². The van der Waals surface area contributed by atoms with E-state index in [1.807, 2.05) is 0 Å². The van der Waals surface area contributed by atoms with Gasteiger partial charge in [0.2, 0.25) is 5.91 Å². The molecule has 1 aliphatic heterocycles. The van der Waals surface area contributed by atoms with Crippen molar-refractivity contribution in [2.75, 3.05) is 6.54 Å². The van der Waals surface area contributed by atoms with Crippen LogP contribution in [0.2, 0.25) is 0 Å². The number of amides is 2. The smallest absolute Gasteiger partial charge is 0.416 e. The third-order valence-electron chi connectivity index (χ3n) is 5.86. The van der Waals surface area contributed by atoms with Crippen LogP contribution < -0.4 is 0 Å². The highest BCUT2D eigenvalue weighted by atomic mass is 16.6. The lowest BCUT2D eigenvalue weighted by Gasteiger charge is -2.47. The van der Waals surface area contributed by atoms with Crippen LogP contribution in [0.15, 0.2) is 0 Å². The fraction of sp³-hybridized carbons (Fsp3) is 0.857. The second-order valence-corrected chi connectivity index (χ2v) is 6.55. The van der Waals surface area contributed by atoms with Gasteiger partial charge in [0.1, 0.15) is 6.10 Å². The Balaban J connectivity index is 1.95. The summed E-state index contributed by atoms with van der Waals surface area (Å²) in [6, 6.07) is 0. The molecular weight excluding hydrogens is 230 g/mol. The minimum atomic E-state index is -0.430. The molecule has 3 aliphatic rings. The van der Waals surface area contributed by atoms with Crippen LogP contribution in [0.3, 0.4) is 0 Å². The largest absolute Gasteiger partial charge is 0.445 e. The second-order valence-electron chi connectivity index (χ2n) is 6.55.